The maximum absolute atomic E-state index is 5.65. The van der Waals surface area contributed by atoms with E-state index in [-0.39, 0.29) is 0 Å². The quantitative estimate of drug-likeness (QED) is 0.863. The molecule has 4 heteroatoms. The van der Waals surface area contributed by atoms with E-state index < -0.39 is 0 Å². The third kappa shape index (κ3) is 2.06. The summed E-state index contributed by atoms with van der Waals surface area (Å²) in [6.45, 7) is 0.772. The molecule has 0 amide bonds. The Morgan fingerprint density at radius 3 is 2.57 bits per heavy atom. The van der Waals surface area contributed by atoms with Crippen LogP contribution < -0.4 is 5.73 Å². The van der Waals surface area contributed by atoms with E-state index >= 15 is 0 Å². The van der Waals surface area contributed by atoms with Crippen molar-refractivity contribution in [3.63, 3.8) is 0 Å². The van der Waals surface area contributed by atoms with Gasteiger partial charge in [0.05, 0.1) is 10.1 Å². The lowest BCUT2D eigenvalue weighted by Gasteiger charge is -2.00. The van der Waals surface area contributed by atoms with Gasteiger partial charge >= 0.3 is 0 Å². The molecule has 72 valence electrons. The van der Waals surface area contributed by atoms with Crippen molar-refractivity contribution in [1.29, 1.82) is 0 Å². The van der Waals surface area contributed by atoms with Gasteiger partial charge in [-0.3, -0.25) is 4.68 Å². The van der Waals surface area contributed by atoms with Crippen molar-refractivity contribution >= 4 is 28.4 Å². The number of anilines is 1. The van der Waals surface area contributed by atoms with Crippen LogP contribution in [0, 0.1) is 3.57 Å². The fraction of sp³-hybridized carbons (Fsp3) is 0.100. The van der Waals surface area contributed by atoms with Gasteiger partial charge in [-0.05, 0) is 28.2 Å². The Balaban J connectivity index is 2.19. The smallest absolute Gasteiger partial charge is 0.158 e. The highest BCUT2D eigenvalue weighted by Gasteiger charge is 2.01. The Bertz CT molecular complexity index is 403. The molecule has 0 aliphatic heterocycles. The standard InChI is InChI=1S/C10H10IN3/c11-9-7-14(13-10(9)12)6-8-4-2-1-3-5-8/h1-5,7H,6H2,(H2,12,13). The molecular formula is C10H10IN3. The lowest BCUT2D eigenvalue weighted by Crippen LogP contribution is -2.00. The Hall–Kier alpha value is -1.04. The van der Waals surface area contributed by atoms with Gasteiger partial charge in [-0.2, -0.15) is 5.10 Å². The van der Waals surface area contributed by atoms with Crippen molar-refractivity contribution < 1.29 is 0 Å². The molecule has 0 aliphatic rings. The number of halogens is 1. The largest absolute Gasteiger partial charge is 0.381 e. The number of nitrogens with zero attached hydrogens (tertiary/aromatic N) is 2. The minimum absolute atomic E-state index is 0.599. The average Bonchev–Trinajstić information content (AvgIpc) is 2.47. The maximum atomic E-state index is 5.65. The minimum Gasteiger partial charge on any atom is -0.381 e. The molecule has 1 aromatic carbocycles. The Labute approximate surface area is 96.1 Å². The summed E-state index contributed by atoms with van der Waals surface area (Å²) in [5, 5.41) is 4.19. The van der Waals surface area contributed by atoms with Crippen molar-refractivity contribution in [2.75, 3.05) is 5.73 Å². The summed E-state index contributed by atoms with van der Waals surface area (Å²) in [6.07, 6.45) is 1.95. The van der Waals surface area contributed by atoms with Crippen LogP contribution in [0.4, 0.5) is 5.82 Å². The molecule has 14 heavy (non-hydrogen) atoms. The second kappa shape index (κ2) is 4.00. The van der Waals surface area contributed by atoms with Crippen LogP contribution in [0.25, 0.3) is 0 Å². The molecule has 0 saturated heterocycles. The third-order valence-electron chi connectivity index (χ3n) is 1.93. The molecule has 3 nitrogen and oxygen atoms in total. The molecule has 2 rings (SSSR count). The zero-order chi connectivity index (χ0) is 9.97. The summed E-state index contributed by atoms with van der Waals surface area (Å²) in [7, 11) is 0. The lowest BCUT2D eigenvalue weighted by molar-refractivity contribution is 0.690. The van der Waals surface area contributed by atoms with E-state index in [0.29, 0.717) is 5.82 Å². The van der Waals surface area contributed by atoms with Gasteiger partial charge in [0.1, 0.15) is 0 Å². The van der Waals surface area contributed by atoms with Gasteiger partial charge in [0.15, 0.2) is 5.82 Å². The molecule has 0 unspecified atom stereocenters. The van der Waals surface area contributed by atoms with E-state index in [2.05, 4.69) is 39.8 Å². The van der Waals surface area contributed by atoms with Crippen LogP contribution in [0.15, 0.2) is 36.5 Å². The van der Waals surface area contributed by atoms with Gasteiger partial charge < -0.3 is 5.73 Å². The first-order chi connectivity index (χ1) is 6.75. The lowest BCUT2D eigenvalue weighted by atomic mass is 10.2. The molecule has 0 radical (unpaired) electrons. The van der Waals surface area contributed by atoms with E-state index in [9.17, 15) is 0 Å². The molecule has 0 saturated carbocycles. The highest BCUT2D eigenvalue weighted by molar-refractivity contribution is 14.1. The van der Waals surface area contributed by atoms with Gasteiger partial charge in [-0.15, -0.1) is 0 Å². The third-order valence-corrected chi connectivity index (χ3v) is 2.76. The number of nitrogen functional groups attached to an aromatic ring is 1. The summed E-state index contributed by atoms with van der Waals surface area (Å²) in [4.78, 5) is 0. The average molecular weight is 299 g/mol. The molecule has 2 aromatic rings. The second-order valence-corrected chi connectivity index (χ2v) is 4.21. The summed E-state index contributed by atoms with van der Waals surface area (Å²) in [5.74, 6) is 0.599. The van der Waals surface area contributed by atoms with Gasteiger partial charge in [0.25, 0.3) is 0 Å². The SMILES string of the molecule is Nc1nn(Cc2ccccc2)cc1I. The summed E-state index contributed by atoms with van der Waals surface area (Å²) < 4.78 is 2.85. The second-order valence-electron chi connectivity index (χ2n) is 3.05. The molecule has 1 heterocycles. The van der Waals surface area contributed by atoms with E-state index in [0.717, 1.165) is 10.1 Å². The Kier molecular flexibility index (Phi) is 2.72. The Morgan fingerprint density at radius 2 is 2.00 bits per heavy atom. The van der Waals surface area contributed by atoms with Crippen LogP contribution in [-0.2, 0) is 6.54 Å². The first-order valence-electron chi connectivity index (χ1n) is 4.28. The van der Waals surface area contributed by atoms with E-state index in [1.165, 1.54) is 5.56 Å². The highest BCUT2D eigenvalue weighted by atomic mass is 127. The number of hydrogen-bond acceptors (Lipinski definition) is 2. The molecule has 0 aliphatic carbocycles. The summed E-state index contributed by atoms with van der Waals surface area (Å²) in [6, 6.07) is 10.2. The van der Waals surface area contributed by atoms with Crippen molar-refractivity contribution in [2.45, 2.75) is 6.54 Å². The van der Waals surface area contributed by atoms with Crippen LogP contribution in [0.5, 0.6) is 0 Å². The number of aromatic nitrogens is 2. The van der Waals surface area contributed by atoms with E-state index in [4.69, 9.17) is 5.73 Å². The molecule has 0 atom stereocenters. The normalized spacial score (nSPS) is 10.4. The van der Waals surface area contributed by atoms with Gasteiger partial charge in [-0.1, -0.05) is 30.3 Å². The van der Waals surface area contributed by atoms with Crippen LogP contribution in [0.1, 0.15) is 5.56 Å². The van der Waals surface area contributed by atoms with Gasteiger partial charge in [0.2, 0.25) is 0 Å². The molecule has 1 aromatic heterocycles. The first kappa shape index (κ1) is 9.51. The molecular weight excluding hydrogens is 289 g/mol. The summed E-state index contributed by atoms with van der Waals surface area (Å²) in [5.41, 5.74) is 6.88. The highest BCUT2D eigenvalue weighted by Crippen LogP contribution is 2.12. The van der Waals surface area contributed by atoms with Crippen molar-refractivity contribution in [1.82, 2.24) is 9.78 Å². The summed E-state index contributed by atoms with van der Waals surface area (Å²) >= 11 is 2.18. The van der Waals surface area contributed by atoms with E-state index in [1.54, 1.807) is 0 Å². The number of hydrogen-bond donors (Lipinski definition) is 1. The van der Waals surface area contributed by atoms with Crippen LogP contribution >= 0.6 is 22.6 Å². The van der Waals surface area contributed by atoms with Crippen molar-refractivity contribution in [3.8, 4) is 0 Å². The van der Waals surface area contributed by atoms with Crippen molar-refractivity contribution in [3.05, 3.63) is 45.7 Å². The number of nitrogens with two attached hydrogens (primary N) is 1. The predicted molar refractivity (Wildman–Crippen MR) is 64.9 cm³/mol. The van der Waals surface area contributed by atoms with E-state index in [1.807, 2.05) is 29.1 Å². The number of benzene rings is 1. The zero-order valence-electron chi connectivity index (χ0n) is 7.52. The molecule has 0 bridgehead atoms. The molecule has 0 fully saturated rings. The monoisotopic (exact) mass is 299 g/mol. The van der Waals surface area contributed by atoms with Gasteiger partial charge in [0, 0.05) is 6.20 Å². The maximum Gasteiger partial charge on any atom is 0.158 e. The van der Waals surface area contributed by atoms with Crippen LogP contribution in [-0.4, -0.2) is 9.78 Å². The zero-order valence-corrected chi connectivity index (χ0v) is 9.68. The number of rotatable bonds is 2. The Morgan fingerprint density at radius 1 is 1.29 bits per heavy atom. The van der Waals surface area contributed by atoms with Gasteiger partial charge in [-0.25, -0.2) is 0 Å². The van der Waals surface area contributed by atoms with Crippen LogP contribution in [0.3, 0.4) is 0 Å². The fourth-order valence-electron chi connectivity index (χ4n) is 1.26. The topological polar surface area (TPSA) is 43.8 Å². The van der Waals surface area contributed by atoms with Crippen LogP contribution in [0.2, 0.25) is 0 Å². The minimum atomic E-state index is 0.599. The van der Waals surface area contributed by atoms with Crippen molar-refractivity contribution in [2.24, 2.45) is 0 Å². The predicted octanol–water partition coefficient (Wildman–Crippen LogP) is 2.12. The fourth-order valence-corrected chi connectivity index (χ4v) is 1.69. The molecule has 0 spiro atoms. The molecule has 2 N–H and O–H groups in total. The first-order valence-corrected chi connectivity index (χ1v) is 5.36.